The topological polar surface area (TPSA) is 51.1 Å². The predicted octanol–water partition coefficient (Wildman–Crippen LogP) is 3.82. The highest BCUT2D eigenvalue weighted by atomic mass is 32.1. The molecule has 126 valence electrons. The van der Waals surface area contributed by atoms with Crippen molar-refractivity contribution in [2.45, 2.75) is 26.3 Å². The van der Waals surface area contributed by atoms with Crippen LogP contribution in [0.15, 0.2) is 52.6 Å². The third kappa shape index (κ3) is 3.03. The van der Waals surface area contributed by atoms with E-state index in [9.17, 15) is 9.59 Å². The van der Waals surface area contributed by atoms with Gasteiger partial charge in [0, 0.05) is 29.7 Å². The van der Waals surface area contributed by atoms with E-state index in [0.717, 1.165) is 17.8 Å². The Morgan fingerprint density at radius 2 is 1.96 bits per heavy atom. The van der Waals surface area contributed by atoms with Gasteiger partial charge in [-0.15, -0.1) is 0 Å². The van der Waals surface area contributed by atoms with Gasteiger partial charge in [-0.25, -0.2) is 0 Å². The molecule has 3 aromatic rings. The zero-order valence-corrected chi connectivity index (χ0v) is 14.7. The summed E-state index contributed by atoms with van der Waals surface area (Å²) in [6, 6.07) is 14.5. The third-order valence-corrected chi connectivity index (χ3v) is 5.50. The Hall–Kier alpha value is -2.66. The summed E-state index contributed by atoms with van der Waals surface area (Å²) in [7, 11) is 0. The molecule has 1 aliphatic carbocycles. The molecule has 25 heavy (non-hydrogen) atoms. The number of thiazole rings is 1. The number of aromatic nitrogens is 1. The minimum absolute atomic E-state index is 0.0133. The van der Waals surface area contributed by atoms with Crippen molar-refractivity contribution in [3.63, 3.8) is 0 Å². The number of nitrogens with one attached hydrogen (secondary N) is 1. The number of fused-ring (bicyclic) bond motifs is 3. The van der Waals surface area contributed by atoms with E-state index in [2.05, 4.69) is 41.7 Å². The zero-order chi connectivity index (χ0) is 17.4. The Labute approximate surface area is 149 Å². The van der Waals surface area contributed by atoms with Gasteiger partial charge in [0.15, 0.2) is 0 Å². The molecule has 0 fully saturated rings. The van der Waals surface area contributed by atoms with Crippen LogP contribution in [0.3, 0.4) is 0 Å². The van der Waals surface area contributed by atoms with Crippen LogP contribution >= 0.6 is 11.3 Å². The molecule has 2 aromatic carbocycles. The summed E-state index contributed by atoms with van der Waals surface area (Å²) in [5, 5.41) is 4.77. The monoisotopic (exact) mass is 350 g/mol. The van der Waals surface area contributed by atoms with Crippen molar-refractivity contribution >= 4 is 22.9 Å². The molecule has 5 heteroatoms. The normalized spacial score (nSPS) is 11.9. The largest absolute Gasteiger partial charge is 0.326 e. The number of hydrogen-bond acceptors (Lipinski definition) is 3. The first-order chi connectivity index (χ1) is 12.1. The number of nitrogens with zero attached hydrogens (tertiary/aromatic N) is 1. The van der Waals surface area contributed by atoms with Crippen molar-refractivity contribution in [1.29, 1.82) is 0 Å². The first-order valence-electron chi connectivity index (χ1n) is 8.28. The van der Waals surface area contributed by atoms with Crippen LogP contribution in [0.25, 0.3) is 11.1 Å². The van der Waals surface area contributed by atoms with Gasteiger partial charge in [-0.2, -0.15) is 0 Å². The van der Waals surface area contributed by atoms with Crippen LogP contribution in [0, 0.1) is 6.92 Å². The third-order valence-electron chi connectivity index (χ3n) is 4.62. The zero-order valence-electron chi connectivity index (χ0n) is 13.9. The number of carbonyl (C=O) groups is 1. The van der Waals surface area contributed by atoms with Crippen LogP contribution in [0.2, 0.25) is 0 Å². The number of aryl methyl sites for hydroxylation is 1. The molecule has 0 bridgehead atoms. The molecule has 0 atom stereocenters. The fraction of sp³-hybridized carbons (Fsp3) is 0.200. The fourth-order valence-corrected chi connectivity index (χ4v) is 4.10. The maximum Gasteiger partial charge on any atom is 0.307 e. The van der Waals surface area contributed by atoms with Gasteiger partial charge in [0.25, 0.3) is 0 Å². The molecule has 0 spiro atoms. The standard InChI is InChI=1S/C20H18N2O2S/c1-13-12-25-20(24)22(13)9-8-19(23)21-16-6-7-18-15(11-16)10-14-4-2-3-5-17(14)18/h2-7,11-12H,8-10H2,1H3,(H,21,23). The lowest BCUT2D eigenvalue weighted by Crippen LogP contribution is -2.20. The fourth-order valence-electron chi connectivity index (χ4n) is 3.33. The second kappa shape index (κ2) is 6.33. The molecular weight excluding hydrogens is 332 g/mol. The van der Waals surface area contributed by atoms with Gasteiger partial charge in [0.2, 0.25) is 5.91 Å². The van der Waals surface area contributed by atoms with E-state index in [1.165, 1.54) is 33.6 Å². The molecular formula is C20H18N2O2S. The number of carbonyl (C=O) groups excluding carboxylic acids is 1. The lowest BCUT2D eigenvalue weighted by atomic mass is 10.1. The van der Waals surface area contributed by atoms with Gasteiger partial charge < -0.3 is 9.88 Å². The number of anilines is 1. The molecule has 0 saturated heterocycles. The molecule has 4 nitrogen and oxygen atoms in total. The molecule has 0 unspecified atom stereocenters. The average Bonchev–Trinajstić information content (AvgIpc) is 3.12. The molecule has 1 amide bonds. The van der Waals surface area contributed by atoms with Crippen molar-refractivity contribution < 1.29 is 4.79 Å². The maximum atomic E-state index is 12.2. The van der Waals surface area contributed by atoms with Crippen molar-refractivity contribution in [3.8, 4) is 11.1 Å². The Morgan fingerprint density at radius 3 is 2.76 bits per heavy atom. The van der Waals surface area contributed by atoms with Crippen LogP contribution < -0.4 is 10.2 Å². The quantitative estimate of drug-likeness (QED) is 0.608. The maximum absolute atomic E-state index is 12.2. The number of rotatable bonds is 4. The minimum Gasteiger partial charge on any atom is -0.326 e. The van der Waals surface area contributed by atoms with E-state index >= 15 is 0 Å². The molecule has 1 aliphatic rings. The van der Waals surface area contributed by atoms with Crippen LogP contribution in [0.1, 0.15) is 23.2 Å². The van der Waals surface area contributed by atoms with Crippen molar-refractivity contribution in [2.24, 2.45) is 0 Å². The molecule has 1 heterocycles. The van der Waals surface area contributed by atoms with Crippen LogP contribution in [-0.4, -0.2) is 10.5 Å². The Kier molecular flexibility index (Phi) is 4.01. The van der Waals surface area contributed by atoms with Crippen LogP contribution in [0.5, 0.6) is 0 Å². The molecule has 0 radical (unpaired) electrons. The van der Waals surface area contributed by atoms with Gasteiger partial charge in [-0.05, 0) is 47.7 Å². The van der Waals surface area contributed by atoms with E-state index < -0.39 is 0 Å². The van der Waals surface area contributed by atoms with E-state index in [1.54, 1.807) is 4.57 Å². The Bertz CT molecular complexity index is 1020. The summed E-state index contributed by atoms with van der Waals surface area (Å²) >= 11 is 1.17. The lowest BCUT2D eigenvalue weighted by Gasteiger charge is -2.08. The van der Waals surface area contributed by atoms with E-state index in [-0.39, 0.29) is 17.2 Å². The molecule has 4 rings (SSSR count). The molecule has 0 saturated carbocycles. The number of amides is 1. The SMILES string of the molecule is Cc1csc(=O)n1CCC(=O)Nc1ccc2c(c1)Cc1ccccc1-2. The molecule has 0 aliphatic heterocycles. The number of benzene rings is 2. The first-order valence-corrected chi connectivity index (χ1v) is 9.16. The van der Waals surface area contributed by atoms with Crippen LogP contribution in [-0.2, 0) is 17.8 Å². The van der Waals surface area contributed by atoms with Gasteiger partial charge >= 0.3 is 4.87 Å². The van der Waals surface area contributed by atoms with Gasteiger partial charge in [-0.3, -0.25) is 9.59 Å². The average molecular weight is 350 g/mol. The summed E-state index contributed by atoms with van der Waals surface area (Å²) < 4.78 is 1.64. The van der Waals surface area contributed by atoms with Crippen LogP contribution in [0.4, 0.5) is 5.69 Å². The summed E-state index contributed by atoms with van der Waals surface area (Å²) in [6.45, 7) is 2.30. The summed E-state index contributed by atoms with van der Waals surface area (Å²) in [5.41, 5.74) is 6.80. The smallest absolute Gasteiger partial charge is 0.307 e. The molecule has 1 aromatic heterocycles. The van der Waals surface area contributed by atoms with E-state index in [0.29, 0.717) is 6.54 Å². The lowest BCUT2D eigenvalue weighted by molar-refractivity contribution is -0.116. The predicted molar refractivity (Wildman–Crippen MR) is 101 cm³/mol. The number of hydrogen-bond donors (Lipinski definition) is 1. The second-order valence-electron chi connectivity index (χ2n) is 6.30. The highest BCUT2D eigenvalue weighted by molar-refractivity contribution is 7.07. The van der Waals surface area contributed by atoms with Crippen molar-refractivity contribution in [1.82, 2.24) is 4.57 Å². The summed E-state index contributed by atoms with van der Waals surface area (Å²) in [4.78, 5) is 23.9. The van der Waals surface area contributed by atoms with Crippen molar-refractivity contribution in [3.05, 3.63) is 74.3 Å². The van der Waals surface area contributed by atoms with Gasteiger partial charge in [-0.1, -0.05) is 41.7 Å². The second-order valence-corrected chi connectivity index (χ2v) is 7.12. The minimum atomic E-state index is -0.0760. The Balaban J connectivity index is 1.45. The van der Waals surface area contributed by atoms with E-state index in [4.69, 9.17) is 0 Å². The highest BCUT2D eigenvalue weighted by Crippen LogP contribution is 2.37. The summed E-state index contributed by atoms with van der Waals surface area (Å²) in [6.07, 6.45) is 1.19. The summed E-state index contributed by atoms with van der Waals surface area (Å²) in [5.74, 6) is -0.0760. The first kappa shape index (κ1) is 15.8. The Morgan fingerprint density at radius 1 is 1.16 bits per heavy atom. The van der Waals surface area contributed by atoms with Gasteiger partial charge in [0.1, 0.15) is 0 Å². The highest BCUT2D eigenvalue weighted by Gasteiger charge is 2.18. The van der Waals surface area contributed by atoms with E-state index in [1.807, 2.05) is 18.4 Å². The van der Waals surface area contributed by atoms with Gasteiger partial charge in [0.05, 0.1) is 0 Å². The van der Waals surface area contributed by atoms with Crippen molar-refractivity contribution in [2.75, 3.05) is 5.32 Å². The molecule has 1 N–H and O–H groups in total.